The molecular weight excluding hydrogens is 911 g/mol. The maximum absolute atomic E-state index is 3.06. The van der Waals surface area contributed by atoms with Gasteiger partial charge in [-0.05, 0) is 170 Å². The molecule has 0 amide bonds. The minimum atomic E-state index is 0. The van der Waals surface area contributed by atoms with Crippen molar-refractivity contribution in [2.24, 2.45) is 59.2 Å². The number of fused-ring (bicyclic) bond motifs is 2. The van der Waals surface area contributed by atoms with Gasteiger partial charge in [-0.3, -0.25) is 0 Å². The van der Waals surface area contributed by atoms with E-state index in [0.29, 0.717) is 11.8 Å². The molecule has 0 unspecified atom stereocenters. The van der Waals surface area contributed by atoms with Gasteiger partial charge in [0.2, 0.25) is 0 Å². The summed E-state index contributed by atoms with van der Waals surface area (Å²) in [5.41, 5.74) is 11.5. The van der Waals surface area contributed by atoms with Gasteiger partial charge in [0.05, 0.1) is 0 Å². The second-order valence-corrected chi connectivity index (χ2v) is 21.5. The summed E-state index contributed by atoms with van der Waals surface area (Å²) in [6, 6.07) is 42.2. The van der Waals surface area contributed by atoms with Crippen LogP contribution in [0.1, 0.15) is 126 Å². The third-order valence-corrected chi connectivity index (χ3v) is 17.2. The molecule has 8 aliphatic rings. The van der Waals surface area contributed by atoms with Crippen molar-refractivity contribution in [2.45, 2.75) is 117 Å². The van der Waals surface area contributed by atoms with E-state index in [4.69, 9.17) is 0 Å². The van der Waals surface area contributed by atoms with Gasteiger partial charge in [-0.25, -0.2) is 0 Å². The Balaban J connectivity index is 0.000000193. The van der Waals surface area contributed by atoms with Crippen LogP contribution in [0, 0.1) is 74.0 Å². The van der Waals surface area contributed by atoms with E-state index in [1.165, 1.54) is 142 Å². The fourth-order valence-electron chi connectivity index (χ4n) is 14.7. The van der Waals surface area contributed by atoms with Gasteiger partial charge < -0.3 is 14.9 Å². The Morgan fingerprint density at radius 2 is 0.781 bits per heavy atom. The van der Waals surface area contributed by atoms with E-state index in [-0.39, 0.29) is 39.7 Å². The Morgan fingerprint density at radius 1 is 0.469 bits per heavy atom. The van der Waals surface area contributed by atoms with Crippen LogP contribution in [0.5, 0.6) is 0 Å². The van der Waals surface area contributed by atoms with Gasteiger partial charge in [-0.2, -0.15) is 12.1 Å². The maximum atomic E-state index is 3.06. The molecule has 2 radical (unpaired) electrons. The Bertz CT molecular complexity index is 2190. The molecule has 64 heavy (non-hydrogen) atoms. The first-order chi connectivity index (χ1) is 29.3. The quantitative estimate of drug-likeness (QED) is 0.105. The topological polar surface area (TPSA) is 0 Å². The Hall–Kier alpha value is -2.22. The number of hydrogen-bond acceptors (Lipinski definition) is 0. The third kappa shape index (κ3) is 10.3. The number of hydrogen-bond donors (Lipinski definition) is 0. The molecule has 8 aliphatic carbocycles. The molecule has 0 aliphatic heterocycles. The fraction of sp³-hybridized carbons (Fsp3) is 0.467. The zero-order chi connectivity index (χ0) is 41.1. The molecule has 0 atom stereocenters. The van der Waals surface area contributed by atoms with Crippen LogP contribution in [-0.4, -0.2) is 6.88 Å². The van der Waals surface area contributed by atoms with Crippen LogP contribution in [0.25, 0.3) is 43.8 Å². The predicted molar refractivity (Wildman–Crippen MR) is 280 cm³/mol. The van der Waals surface area contributed by atoms with Crippen LogP contribution in [-0.2, 0) is 36.2 Å². The number of rotatable bonds is 8. The van der Waals surface area contributed by atoms with Crippen molar-refractivity contribution >= 4 is 53.2 Å². The Labute approximate surface area is 417 Å². The molecule has 4 heteroatoms. The predicted octanol–water partition coefficient (Wildman–Crippen LogP) is 17.3. The van der Waals surface area contributed by atoms with E-state index in [9.17, 15) is 0 Å². The van der Waals surface area contributed by atoms with Crippen LogP contribution in [0.4, 0.5) is 0 Å². The summed E-state index contributed by atoms with van der Waals surface area (Å²) >= 11 is 1.36. The molecule has 8 saturated carbocycles. The zero-order valence-electron chi connectivity index (χ0n) is 39.6. The van der Waals surface area contributed by atoms with Gasteiger partial charge >= 0.3 is 30.2 Å². The first kappa shape index (κ1) is 51.2. The molecule has 8 fully saturated rings. The normalized spacial score (nSPS) is 27.7. The molecule has 0 N–H and O–H groups in total. The summed E-state index contributed by atoms with van der Waals surface area (Å²) in [6.45, 7) is 12.1. The van der Waals surface area contributed by atoms with Crippen LogP contribution in [0.2, 0.25) is 0 Å². The Kier molecular flexibility index (Phi) is 17.4. The van der Waals surface area contributed by atoms with Crippen molar-refractivity contribution in [3.63, 3.8) is 0 Å². The standard InChI is InChI=1S/2C29H33.2CH3.2ClH.Si.Zr/c2*1-18(2)22-6-8-23(9-7-22)27-5-3-4-24-11-21(17-29(24)27)16-28-25-12-19-10-20(14-25)15-26(28)13-19;;;;;;/h2*3-9,11,17-20,25-26,28H,10,12-16H2,1-2H3;2*1H3;2*1H;;/q4*-1;;;;. The molecule has 0 nitrogen and oxygen atoms in total. The van der Waals surface area contributed by atoms with Crippen molar-refractivity contribution in [2.75, 3.05) is 0 Å². The van der Waals surface area contributed by atoms with Crippen LogP contribution in [0.3, 0.4) is 0 Å². The SMILES string of the molecule is CC(C)c1ccc(-c2cccc3[cH-]c(CC4C5CC6CC(C5)CC4C6)cc23)cc1.CC(C)c1ccc(-c2cccc3[cH-]c(CC4C5CC6CC(C5)CC4C6)cc23)cc1.Cl.Cl.[CH3-].[CH3-].[Si]=[Zr]. The molecule has 6 aromatic rings. The van der Waals surface area contributed by atoms with Gasteiger partial charge in [0.15, 0.2) is 0 Å². The molecule has 0 spiro atoms. The first-order valence-corrected chi connectivity index (χ1v) is 28.3. The molecule has 0 saturated heterocycles. The average Bonchev–Trinajstić information content (AvgIpc) is 3.88. The molecule has 14 rings (SSSR count). The number of halogens is 2. The molecule has 0 aromatic heterocycles. The van der Waals surface area contributed by atoms with Crippen LogP contribution in [0.15, 0.2) is 109 Å². The molecular formula is C60H74Cl2SiZr-4. The van der Waals surface area contributed by atoms with Crippen molar-refractivity contribution in [3.8, 4) is 22.3 Å². The summed E-state index contributed by atoms with van der Waals surface area (Å²) in [4.78, 5) is 0. The van der Waals surface area contributed by atoms with E-state index >= 15 is 0 Å². The first-order valence-electron chi connectivity index (χ1n) is 24.1. The minimum absolute atomic E-state index is 0. The van der Waals surface area contributed by atoms with Crippen LogP contribution >= 0.6 is 24.8 Å². The summed E-state index contributed by atoms with van der Waals surface area (Å²) in [5.74, 6) is 11.5. The second-order valence-electron chi connectivity index (χ2n) is 21.5. The summed E-state index contributed by atoms with van der Waals surface area (Å²) < 4.78 is 0. The average molecular weight is 985 g/mol. The van der Waals surface area contributed by atoms with E-state index in [0.717, 1.165) is 59.2 Å². The molecule has 0 heterocycles. The van der Waals surface area contributed by atoms with E-state index < -0.39 is 0 Å². The summed E-state index contributed by atoms with van der Waals surface area (Å²) in [7, 11) is 0. The van der Waals surface area contributed by atoms with Crippen LogP contribution < -0.4 is 0 Å². The summed E-state index contributed by atoms with van der Waals surface area (Å²) in [5, 5.41) is 5.75. The molecule has 340 valence electrons. The number of benzene rings is 4. The van der Waals surface area contributed by atoms with Crippen molar-refractivity contribution in [1.29, 1.82) is 0 Å². The Morgan fingerprint density at radius 3 is 1.08 bits per heavy atom. The zero-order valence-corrected chi connectivity index (χ0v) is 44.7. The fourth-order valence-corrected chi connectivity index (χ4v) is 14.7. The van der Waals surface area contributed by atoms with Crippen molar-refractivity contribution < 1.29 is 23.3 Å². The second kappa shape index (κ2) is 21.8. The summed E-state index contributed by atoms with van der Waals surface area (Å²) in [6.07, 6.45) is 18.0. The van der Waals surface area contributed by atoms with Crippen molar-refractivity contribution in [3.05, 3.63) is 146 Å². The van der Waals surface area contributed by atoms with Gasteiger partial charge in [-0.15, -0.1) is 93.9 Å². The third-order valence-electron chi connectivity index (χ3n) is 17.2. The molecule has 6 aromatic carbocycles. The van der Waals surface area contributed by atoms with E-state index in [1.54, 1.807) is 24.0 Å². The monoisotopic (exact) mass is 982 g/mol. The van der Waals surface area contributed by atoms with Gasteiger partial charge in [0, 0.05) is 0 Å². The van der Waals surface area contributed by atoms with Gasteiger partial charge in [-0.1, -0.05) is 99.5 Å². The van der Waals surface area contributed by atoms with E-state index in [2.05, 4.69) is 144 Å². The van der Waals surface area contributed by atoms with Gasteiger partial charge in [0.1, 0.15) is 0 Å². The van der Waals surface area contributed by atoms with E-state index in [1.807, 2.05) is 0 Å². The van der Waals surface area contributed by atoms with Crippen molar-refractivity contribution in [1.82, 2.24) is 0 Å². The molecule has 8 bridgehead atoms. The van der Waals surface area contributed by atoms with Gasteiger partial charge in [0.25, 0.3) is 0 Å².